The number of nitro benzene ring substituents is 2. The van der Waals surface area contributed by atoms with Crippen LogP contribution in [0.25, 0.3) is 21.9 Å². The summed E-state index contributed by atoms with van der Waals surface area (Å²) in [5.41, 5.74) is 0.382. The van der Waals surface area contributed by atoms with Crippen molar-refractivity contribution in [1.29, 1.82) is 0 Å². The van der Waals surface area contributed by atoms with E-state index in [2.05, 4.69) is 0 Å². The molecule has 0 radical (unpaired) electrons. The molecule has 0 amide bonds. The third-order valence-corrected chi connectivity index (χ3v) is 3.88. The molecule has 3 aromatic rings. The van der Waals surface area contributed by atoms with Gasteiger partial charge in [-0.15, -0.1) is 0 Å². The molecular formula is C15H10N2O6. The molecule has 0 saturated carbocycles. The maximum absolute atomic E-state index is 12.6. The van der Waals surface area contributed by atoms with Crippen LogP contribution in [0.4, 0.5) is 11.4 Å². The van der Waals surface area contributed by atoms with Gasteiger partial charge in [-0.3, -0.25) is 25.0 Å². The lowest BCUT2D eigenvalue weighted by molar-refractivity contribution is -0.385. The number of hydrogen-bond acceptors (Lipinski definition) is 6. The van der Waals surface area contributed by atoms with Gasteiger partial charge in [0, 0.05) is 29.3 Å². The number of aryl methyl sites for hydroxylation is 1. The van der Waals surface area contributed by atoms with E-state index in [-0.39, 0.29) is 33.3 Å². The number of non-ortho nitro benzene ring substituents is 1. The lowest BCUT2D eigenvalue weighted by Gasteiger charge is -2.07. The standard InChI is InChI=1S/C15H10N2O6/c1-7-8(2)15-11(6-12(7)17(21)22)14(18)10-5-9(16(19)20)3-4-13(10)23-15/h3-6H,1-2H3. The largest absolute Gasteiger partial charge is 0.456 e. The molecule has 0 atom stereocenters. The zero-order valence-corrected chi connectivity index (χ0v) is 12.2. The van der Waals surface area contributed by atoms with Crippen LogP contribution >= 0.6 is 0 Å². The van der Waals surface area contributed by atoms with Crippen molar-refractivity contribution in [3.63, 3.8) is 0 Å². The molecule has 0 fully saturated rings. The van der Waals surface area contributed by atoms with Crippen molar-refractivity contribution in [2.45, 2.75) is 13.8 Å². The highest BCUT2D eigenvalue weighted by Crippen LogP contribution is 2.31. The summed E-state index contributed by atoms with van der Waals surface area (Å²) in [7, 11) is 0. The molecule has 1 heterocycles. The molecule has 2 aromatic carbocycles. The average Bonchev–Trinajstić information content (AvgIpc) is 2.50. The first kappa shape index (κ1) is 14.6. The second-order valence-corrected chi connectivity index (χ2v) is 5.15. The number of benzene rings is 2. The fourth-order valence-electron chi connectivity index (χ4n) is 2.52. The van der Waals surface area contributed by atoms with Gasteiger partial charge in [-0.2, -0.15) is 0 Å². The quantitative estimate of drug-likeness (QED) is 0.406. The third-order valence-electron chi connectivity index (χ3n) is 3.88. The second-order valence-electron chi connectivity index (χ2n) is 5.15. The van der Waals surface area contributed by atoms with Crippen molar-refractivity contribution in [3.8, 4) is 0 Å². The Morgan fingerprint density at radius 2 is 1.65 bits per heavy atom. The highest BCUT2D eigenvalue weighted by atomic mass is 16.6. The van der Waals surface area contributed by atoms with Gasteiger partial charge >= 0.3 is 0 Å². The van der Waals surface area contributed by atoms with Crippen LogP contribution in [0, 0.1) is 34.1 Å². The maximum Gasteiger partial charge on any atom is 0.273 e. The van der Waals surface area contributed by atoms with E-state index in [1.54, 1.807) is 13.8 Å². The van der Waals surface area contributed by atoms with Gasteiger partial charge in [-0.25, -0.2) is 0 Å². The average molecular weight is 314 g/mol. The number of fused-ring (bicyclic) bond motifs is 2. The molecule has 0 saturated heterocycles. The van der Waals surface area contributed by atoms with E-state index >= 15 is 0 Å². The first-order chi connectivity index (χ1) is 10.8. The topological polar surface area (TPSA) is 116 Å². The summed E-state index contributed by atoms with van der Waals surface area (Å²) in [6.45, 7) is 3.21. The van der Waals surface area contributed by atoms with E-state index in [0.717, 1.165) is 12.1 Å². The highest BCUT2D eigenvalue weighted by molar-refractivity contribution is 5.93. The molecule has 8 nitrogen and oxygen atoms in total. The molecule has 116 valence electrons. The van der Waals surface area contributed by atoms with Crippen molar-refractivity contribution in [2.24, 2.45) is 0 Å². The van der Waals surface area contributed by atoms with Gasteiger partial charge in [0.25, 0.3) is 11.4 Å². The van der Waals surface area contributed by atoms with Crippen LogP contribution in [0.15, 0.2) is 33.5 Å². The summed E-state index contributed by atoms with van der Waals surface area (Å²) in [6, 6.07) is 4.86. The summed E-state index contributed by atoms with van der Waals surface area (Å²) < 4.78 is 5.66. The molecule has 0 spiro atoms. The minimum atomic E-state index is -0.619. The minimum Gasteiger partial charge on any atom is -0.456 e. The third kappa shape index (κ3) is 2.11. The zero-order valence-electron chi connectivity index (χ0n) is 12.2. The number of nitrogens with zero attached hydrogens (tertiary/aromatic N) is 2. The predicted octanol–water partition coefficient (Wildman–Crippen LogP) is 3.38. The van der Waals surface area contributed by atoms with Gasteiger partial charge in [-0.1, -0.05) is 0 Å². The van der Waals surface area contributed by atoms with Crippen molar-refractivity contribution in [3.05, 3.63) is 65.8 Å². The normalized spacial score (nSPS) is 11.0. The van der Waals surface area contributed by atoms with E-state index in [4.69, 9.17) is 4.42 Å². The zero-order chi connectivity index (χ0) is 16.9. The number of rotatable bonds is 2. The summed E-state index contributed by atoms with van der Waals surface area (Å²) in [5, 5.41) is 22.0. The van der Waals surface area contributed by atoms with Crippen LogP contribution in [0.3, 0.4) is 0 Å². The maximum atomic E-state index is 12.6. The molecular weight excluding hydrogens is 304 g/mol. The van der Waals surface area contributed by atoms with Crippen molar-refractivity contribution in [1.82, 2.24) is 0 Å². The Balaban J connectivity index is 2.51. The lowest BCUT2D eigenvalue weighted by atomic mass is 10.0. The Bertz CT molecular complexity index is 1070. The Hall–Kier alpha value is -3.29. The summed E-state index contributed by atoms with van der Waals surface area (Å²) >= 11 is 0. The Morgan fingerprint density at radius 3 is 2.26 bits per heavy atom. The Kier molecular flexibility index (Phi) is 3.10. The molecule has 3 rings (SSSR count). The molecule has 8 heteroatoms. The summed E-state index contributed by atoms with van der Waals surface area (Å²) in [5.74, 6) is 0. The van der Waals surface area contributed by atoms with E-state index in [9.17, 15) is 25.0 Å². The summed E-state index contributed by atoms with van der Waals surface area (Å²) in [6.07, 6.45) is 0. The van der Waals surface area contributed by atoms with Gasteiger partial charge in [0.15, 0.2) is 0 Å². The van der Waals surface area contributed by atoms with Gasteiger partial charge < -0.3 is 4.42 Å². The smallest absolute Gasteiger partial charge is 0.273 e. The molecule has 1 aromatic heterocycles. The van der Waals surface area contributed by atoms with Crippen LogP contribution in [-0.4, -0.2) is 9.85 Å². The van der Waals surface area contributed by atoms with E-state index < -0.39 is 15.3 Å². The monoisotopic (exact) mass is 314 g/mol. The van der Waals surface area contributed by atoms with E-state index in [1.807, 2.05) is 0 Å². The molecule has 0 unspecified atom stereocenters. The Labute approximate surface area is 128 Å². The first-order valence-corrected chi connectivity index (χ1v) is 6.61. The lowest BCUT2D eigenvalue weighted by Crippen LogP contribution is -2.06. The van der Waals surface area contributed by atoms with Crippen molar-refractivity contribution < 1.29 is 14.3 Å². The minimum absolute atomic E-state index is 0.0178. The molecule has 0 N–H and O–H groups in total. The van der Waals surface area contributed by atoms with Crippen LogP contribution in [0.1, 0.15) is 11.1 Å². The number of nitro groups is 2. The fourth-order valence-corrected chi connectivity index (χ4v) is 2.52. The van der Waals surface area contributed by atoms with Gasteiger partial charge in [0.1, 0.15) is 11.2 Å². The number of hydrogen-bond donors (Lipinski definition) is 0. The Morgan fingerprint density at radius 1 is 0.957 bits per heavy atom. The van der Waals surface area contributed by atoms with Gasteiger partial charge in [-0.05, 0) is 19.9 Å². The molecule has 23 heavy (non-hydrogen) atoms. The van der Waals surface area contributed by atoms with Crippen LogP contribution in [0.5, 0.6) is 0 Å². The van der Waals surface area contributed by atoms with Crippen LogP contribution in [0.2, 0.25) is 0 Å². The molecule has 0 aliphatic carbocycles. The SMILES string of the molecule is Cc1c([N+](=O)[O-])cc2c(=O)c3cc([N+](=O)[O-])ccc3oc2c1C. The van der Waals surface area contributed by atoms with Crippen LogP contribution < -0.4 is 5.43 Å². The summed E-state index contributed by atoms with van der Waals surface area (Å²) in [4.78, 5) is 33.4. The van der Waals surface area contributed by atoms with Crippen molar-refractivity contribution >= 4 is 33.3 Å². The highest BCUT2D eigenvalue weighted by Gasteiger charge is 2.20. The molecule has 0 aliphatic rings. The first-order valence-electron chi connectivity index (χ1n) is 6.61. The van der Waals surface area contributed by atoms with Crippen molar-refractivity contribution in [2.75, 3.05) is 0 Å². The van der Waals surface area contributed by atoms with Crippen LogP contribution in [-0.2, 0) is 0 Å². The molecule has 0 aliphatic heterocycles. The second kappa shape index (κ2) is 4.87. The van der Waals surface area contributed by atoms with E-state index in [0.29, 0.717) is 11.1 Å². The fraction of sp³-hybridized carbons (Fsp3) is 0.133. The van der Waals surface area contributed by atoms with Gasteiger partial charge in [0.2, 0.25) is 5.43 Å². The molecule has 0 bridgehead atoms. The predicted molar refractivity (Wildman–Crippen MR) is 82.8 cm³/mol. The van der Waals surface area contributed by atoms with Gasteiger partial charge in [0.05, 0.1) is 20.6 Å². The van der Waals surface area contributed by atoms with E-state index in [1.165, 1.54) is 12.1 Å².